The van der Waals surface area contributed by atoms with E-state index in [1.54, 1.807) is 0 Å². The van der Waals surface area contributed by atoms with Crippen LogP contribution < -0.4 is 11.3 Å². The third-order valence-electron chi connectivity index (χ3n) is 2.53. The zero-order chi connectivity index (χ0) is 9.26. The van der Waals surface area contributed by atoms with E-state index in [1.165, 1.54) is 18.4 Å². The maximum absolute atomic E-state index is 5.51. The predicted molar refractivity (Wildman–Crippen MR) is 51.8 cm³/mol. The molecule has 1 unspecified atom stereocenters. The van der Waals surface area contributed by atoms with Crippen molar-refractivity contribution < 1.29 is 0 Å². The number of rotatable bonds is 3. The van der Waals surface area contributed by atoms with Crippen molar-refractivity contribution in [2.45, 2.75) is 25.8 Å². The maximum atomic E-state index is 5.51. The van der Waals surface area contributed by atoms with Gasteiger partial charge in [0.2, 0.25) is 0 Å². The lowest BCUT2D eigenvalue weighted by Crippen LogP contribution is -2.30. The number of hydrogen-bond donors (Lipinski definition) is 2. The molecule has 1 aromatic rings. The van der Waals surface area contributed by atoms with E-state index in [0.29, 0.717) is 5.92 Å². The molecule has 1 saturated carbocycles. The molecule has 0 radical (unpaired) electrons. The third-order valence-corrected chi connectivity index (χ3v) is 2.53. The summed E-state index contributed by atoms with van der Waals surface area (Å²) in [6.45, 7) is 2.08. The first kappa shape index (κ1) is 8.66. The lowest BCUT2D eigenvalue weighted by Gasteiger charge is -2.14. The molecule has 1 atom stereocenters. The summed E-state index contributed by atoms with van der Waals surface area (Å²) in [6, 6.07) is 4.35. The summed E-state index contributed by atoms with van der Waals surface area (Å²) in [7, 11) is 0. The van der Waals surface area contributed by atoms with Crippen molar-refractivity contribution in [3.63, 3.8) is 0 Å². The van der Waals surface area contributed by atoms with Crippen LogP contribution in [0, 0.1) is 12.8 Å². The lowest BCUT2D eigenvalue weighted by molar-refractivity contribution is 0.485. The Hall–Kier alpha value is -0.930. The second kappa shape index (κ2) is 3.44. The highest BCUT2D eigenvalue weighted by atomic mass is 15.2. The summed E-state index contributed by atoms with van der Waals surface area (Å²) in [5.74, 6) is 6.20. The summed E-state index contributed by atoms with van der Waals surface area (Å²) < 4.78 is 0. The molecule has 0 spiro atoms. The standard InChI is InChI=1S/C10H15N3/c1-7-4-5-12-9(6-7)10(13-11)8-2-3-8/h4-6,8,10,13H,2-3,11H2,1H3. The van der Waals surface area contributed by atoms with Crippen molar-refractivity contribution in [3.8, 4) is 0 Å². The normalized spacial score (nSPS) is 18.6. The van der Waals surface area contributed by atoms with Crippen LogP contribution in [0.5, 0.6) is 0 Å². The van der Waals surface area contributed by atoms with Crippen molar-refractivity contribution in [1.82, 2.24) is 10.4 Å². The number of nitrogens with two attached hydrogens (primary N) is 1. The Morgan fingerprint density at radius 3 is 2.92 bits per heavy atom. The summed E-state index contributed by atoms with van der Waals surface area (Å²) >= 11 is 0. The highest BCUT2D eigenvalue weighted by Gasteiger charge is 2.32. The van der Waals surface area contributed by atoms with E-state index >= 15 is 0 Å². The van der Waals surface area contributed by atoms with Gasteiger partial charge in [0.25, 0.3) is 0 Å². The van der Waals surface area contributed by atoms with Crippen LogP contribution in [0.4, 0.5) is 0 Å². The van der Waals surface area contributed by atoms with E-state index in [2.05, 4.69) is 23.4 Å². The van der Waals surface area contributed by atoms with Crippen LogP contribution in [-0.2, 0) is 0 Å². The fraction of sp³-hybridized carbons (Fsp3) is 0.500. The Balaban J connectivity index is 2.21. The Morgan fingerprint density at radius 1 is 1.62 bits per heavy atom. The molecule has 1 heterocycles. The number of hydrogen-bond acceptors (Lipinski definition) is 3. The molecule has 0 bridgehead atoms. The van der Waals surface area contributed by atoms with Gasteiger partial charge in [0, 0.05) is 6.20 Å². The smallest absolute Gasteiger partial charge is 0.0660 e. The molecule has 3 nitrogen and oxygen atoms in total. The number of pyridine rings is 1. The zero-order valence-corrected chi connectivity index (χ0v) is 7.83. The van der Waals surface area contributed by atoms with Gasteiger partial charge in [-0.05, 0) is 43.4 Å². The van der Waals surface area contributed by atoms with Gasteiger partial charge in [-0.1, -0.05) is 0 Å². The molecule has 3 N–H and O–H groups in total. The average molecular weight is 177 g/mol. The van der Waals surface area contributed by atoms with Gasteiger partial charge in [-0.25, -0.2) is 0 Å². The Kier molecular flexibility index (Phi) is 2.29. The topological polar surface area (TPSA) is 50.9 Å². The first-order chi connectivity index (χ1) is 6.31. The van der Waals surface area contributed by atoms with Crippen LogP contribution in [0.15, 0.2) is 18.3 Å². The molecule has 13 heavy (non-hydrogen) atoms. The molecular formula is C10H15N3. The molecular weight excluding hydrogens is 162 g/mol. The Bertz CT molecular complexity index is 294. The molecule has 1 aliphatic rings. The van der Waals surface area contributed by atoms with Crippen molar-refractivity contribution in [2.75, 3.05) is 0 Å². The third kappa shape index (κ3) is 1.87. The second-order valence-electron chi connectivity index (χ2n) is 3.74. The number of nitrogens with zero attached hydrogens (tertiary/aromatic N) is 1. The van der Waals surface area contributed by atoms with E-state index in [9.17, 15) is 0 Å². The van der Waals surface area contributed by atoms with Gasteiger partial charge in [-0.15, -0.1) is 0 Å². The number of aromatic nitrogens is 1. The predicted octanol–water partition coefficient (Wildman–Crippen LogP) is 1.30. The first-order valence-electron chi connectivity index (χ1n) is 4.70. The van der Waals surface area contributed by atoms with E-state index < -0.39 is 0 Å². The van der Waals surface area contributed by atoms with Gasteiger partial charge in [0.05, 0.1) is 11.7 Å². The molecule has 0 aliphatic heterocycles. The lowest BCUT2D eigenvalue weighted by atomic mass is 10.1. The van der Waals surface area contributed by atoms with Crippen LogP contribution in [0.25, 0.3) is 0 Å². The van der Waals surface area contributed by atoms with E-state index in [4.69, 9.17) is 5.84 Å². The highest BCUT2D eigenvalue weighted by Crippen LogP contribution is 2.39. The minimum atomic E-state index is 0.250. The van der Waals surface area contributed by atoms with E-state index in [1.807, 2.05) is 12.3 Å². The van der Waals surface area contributed by atoms with Crippen LogP contribution >= 0.6 is 0 Å². The molecule has 70 valence electrons. The monoisotopic (exact) mass is 177 g/mol. The summed E-state index contributed by atoms with van der Waals surface area (Å²) in [5.41, 5.74) is 5.16. The van der Waals surface area contributed by atoms with Gasteiger partial charge < -0.3 is 0 Å². The molecule has 0 aromatic carbocycles. The van der Waals surface area contributed by atoms with Crippen molar-refractivity contribution in [1.29, 1.82) is 0 Å². The molecule has 0 saturated heterocycles. The Morgan fingerprint density at radius 2 is 2.38 bits per heavy atom. The maximum Gasteiger partial charge on any atom is 0.0660 e. The minimum absolute atomic E-state index is 0.250. The van der Waals surface area contributed by atoms with Gasteiger partial charge in [-0.3, -0.25) is 16.3 Å². The molecule has 1 fully saturated rings. The van der Waals surface area contributed by atoms with Gasteiger partial charge >= 0.3 is 0 Å². The second-order valence-corrected chi connectivity index (χ2v) is 3.74. The van der Waals surface area contributed by atoms with Crippen molar-refractivity contribution in [2.24, 2.45) is 11.8 Å². The first-order valence-corrected chi connectivity index (χ1v) is 4.70. The SMILES string of the molecule is Cc1ccnc(C(NN)C2CC2)c1. The molecule has 0 amide bonds. The fourth-order valence-electron chi connectivity index (χ4n) is 1.62. The van der Waals surface area contributed by atoms with Crippen molar-refractivity contribution in [3.05, 3.63) is 29.6 Å². The molecule has 1 aliphatic carbocycles. The van der Waals surface area contributed by atoms with Crippen LogP contribution in [0.3, 0.4) is 0 Å². The zero-order valence-electron chi connectivity index (χ0n) is 7.83. The summed E-state index contributed by atoms with van der Waals surface area (Å²) in [6.07, 6.45) is 4.38. The number of aryl methyl sites for hydroxylation is 1. The van der Waals surface area contributed by atoms with Crippen molar-refractivity contribution >= 4 is 0 Å². The Labute approximate surface area is 78.3 Å². The van der Waals surface area contributed by atoms with Gasteiger partial charge in [0.1, 0.15) is 0 Å². The molecule has 2 rings (SSSR count). The highest BCUT2D eigenvalue weighted by molar-refractivity contribution is 5.18. The van der Waals surface area contributed by atoms with E-state index in [-0.39, 0.29) is 6.04 Å². The largest absolute Gasteiger partial charge is 0.271 e. The summed E-state index contributed by atoms with van der Waals surface area (Å²) in [4.78, 5) is 4.33. The van der Waals surface area contributed by atoms with Gasteiger partial charge in [0.15, 0.2) is 0 Å². The average Bonchev–Trinajstić information content (AvgIpc) is 2.90. The fourth-order valence-corrected chi connectivity index (χ4v) is 1.62. The van der Waals surface area contributed by atoms with Crippen LogP contribution in [0.1, 0.15) is 30.1 Å². The number of nitrogens with one attached hydrogen (secondary N) is 1. The van der Waals surface area contributed by atoms with Gasteiger partial charge in [-0.2, -0.15) is 0 Å². The van der Waals surface area contributed by atoms with E-state index in [0.717, 1.165) is 5.69 Å². The van der Waals surface area contributed by atoms with Crippen LogP contribution in [-0.4, -0.2) is 4.98 Å². The minimum Gasteiger partial charge on any atom is -0.271 e. The molecule has 3 heteroatoms. The molecule has 1 aromatic heterocycles. The summed E-state index contributed by atoms with van der Waals surface area (Å²) in [5, 5.41) is 0. The number of hydrazine groups is 1. The van der Waals surface area contributed by atoms with Crippen LogP contribution in [0.2, 0.25) is 0 Å². The quantitative estimate of drug-likeness (QED) is 0.540.